The minimum atomic E-state index is -0.611. The molecule has 0 aromatic heterocycles. The first-order chi connectivity index (χ1) is 10.9. The zero-order valence-corrected chi connectivity index (χ0v) is 15.2. The summed E-state index contributed by atoms with van der Waals surface area (Å²) in [7, 11) is 1.90. The van der Waals surface area contributed by atoms with Crippen LogP contribution >= 0.6 is 15.9 Å². The zero-order chi connectivity index (χ0) is 16.6. The summed E-state index contributed by atoms with van der Waals surface area (Å²) < 4.78 is 1.08. The number of halogens is 1. The van der Waals surface area contributed by atoms with Crippen LogP contribution in [0, 0.1) is 0 Å². The van der Waals surface area contributed by atoms with Crippen molar-refractivity contribution >= 4 is 27.5 Å². The molecular formula is C17H24BrN3O2. The molecule has 3 rings (SSSR count). The van der Waals surface area contributed by atoms with Crippen LogP contribution in [0.25, 0.3) is 0 Å². The second-order valence-corrected chi connectivity index (χ2v) is 7.72. The van der Waals surface area contributed by atoms with Gasteiger partial charge in [0.2, 0.25) is 5.91 Å². The van der Waals surface area contributed by atoms with E-state index in [0.717, 1.165) is 24.0 Å². The van der Waals surface area contributed by atoms with Crippen LogP contribution in [0.1, 0.15) is 19.8 Å². The molecule has 23 heavy (non-hydrogen) atoms. The molecule has 3 atom stereocenters. The van der Waals surface area contributed by atoms with Gasteiger partial charge in [-0.15, -0.1) is 0 Å². The van der Waals surface area contributed by atoms with Crippen molar-refractivity contribution < 1.29 is 9.90 Å². The Labute approximate surface area is 145 Å². The lowest BCUT2D eigenvalue weighted by molar-refractivity contribution is -0.131. The summed E-state index contributed by atoms with van der Waals surface area (Å²) in [5, 5.41) is 13.0. The van der Waals surface area contributed by atoms with Gasteiger partial charge in [-0.3, -0.25) is 9.69 Å². The number of hydrogen-bond donors (Lipinski definition) is 2. The highest BCUT2D eigenvalue weighted by Gasteiger charge is 2.45. The molecule has 6 heteroatoms. The van der Waals surface area contributed by atoms with Gasteiger partial charge in [0, 0.05) is 36.6 Å². The van der Waals surface area contributed by atoms with Crippen molar-refractivity contribution in [2.45, 2.75) is 37.5 Å². The van der Waals surface area contributed by atoms with Crippen LogP contribution in [-0.4, -0.2) is 60.3 Å². The summed E-state index contributed by atoms with van der Waals surface area (Å²) in [5.41, 5.74) is 0.559. The van der Waals surface area contributed by atoms with Gasteiger partial charge < -0.3 is 15.3 Å². The van der Waals surface area contributed by atoms with Gasteiger partial charge >= 0.3 is 0 Å². The van der Waals surface area contributed by atoms with Crippen LogP contribution in [0.15, 0.2) is 28.7 Å². The zero-order valence-electron chi connectivity index (χ0n) is 13.6. The molecule has 5 nitrogen and oxygen atoms in total. The number of nitrogens with one attached hydrogen (secondary N) is 1. The molecule has 2 fully saturated rings. The fourth-order valence-corrected chi connectivity index (χ4v) is 4.14. The van der Waals surface area contributed by atoms with Gasteiger partial charge in [0.1, 0.15) is 0 Å². The molecular weight excluding hydrogens is 358 g/mol. The molecule has 0 bridgehead atoms. The number of carbonyl (C=O) groups is 1. The number of likely N-dealkylation sites (N-methyl/N-ethyl adjacent to an activating group) is 1. The number of rotatable bonds is 3. The molecule has 126 valence electrons. The molecule has 3 unspecified atom stereocenters. The maximum atomic E-state index is 12.7. The van der Waals surface area contributed by atoms with Crippen molar-refractivity contribution in [1.82, 2.24) is 10.2 Å². The third kappa shape index (κ3) is 3.25. The van der Waals surface area contributed by atoms with E-state index in [0.29, 0.717) is 13.0 Å². The van der Waals surface area contributed by atoms with Gasteiger partial charge in [0.25, 0.3) is 0 Å². The molecule has 1 aromatic carbocycles. The molecule has 0 aliphatic carbocycles. The fourth-order valence-electron chi connectivity index (χ4n) is 3.61. The molecule has 2 aliphatic heterocycles. The molecule has 1 aromatic rings. The molecule has 2 N–H and O–H groups in total. The number of hydrogen-bond acceptors (Lipinski definition) is 4. The predicted molar refractivity (Wildman–Crippen MR) is 94.6 cm³/mol. The topological polar surface area (TPSA) is 55.8 Å². The quantitative estimate of drug-likeness (QED) is 0.834. The van der Waals surface area contributed by atoms with Gasteiger partial charge in [-0.2, -0.15) is 0 Å². The van der Waals surface area contributed by atoms with E-state index in [9.17, 15) is 9.90 Å². The van der Waals surface area contributed by atoms with Crippen LogP contribution < -0.4 is 10.2 Å². The van der Waals surface area contributed by atoms with Crippen LogP contribution in [0.3, 0.4) is 0 Å². The Kier molecular flexibility index (Phi) is 4.67. The van der Waals surface area contributed by atoms with Crippen molar-refractivity contribution in [3.05, 3.63) is 28.7 Å². The van der Waals surface area contributed by atoms with E-state index in [1.807, 2.05) is 37.1 Å². The van der Waals surface area contributed by atoms with Crippen LogP contribution in [-0.2, 0) is 4.79 Å². The second kappa shape index (κ2) is 6.42. The Balaban J connectivity index is 1.62. The van der Waals surface area contributed by atoms with Gasteiger partial charge in [-0.25, -0.2) is 0 Å². The summed E-state index contributed by atoms with van der Waals surface area (Å²) in [4.78, 5) is 16.9. The summed E-state index contributed by atoms with van der Waals surface area (Å²) in [6.45, 7) is 4.22. The highest BCUT2D eigenvalue weighted by Crippen LogP contribution is 2.30. The average Bonchev–Trinajstić information content (AvgIpc) is 3.05. The van der Waals surface area contributed by atoms with Gasteiger partial charge in [0.15, 0.2) is 0 Å². The first-order valence-corrected chi connectivity index (χ1v) is 8.89. The second-order valence-electron chi connectivity index (χ2n) is 6.87. The molecule has 2 heterocycles. The van der Waals surface area contributed by atoms with Crippen molar-refractivity contribution in [3.8, 4) is 0 Å². The highest BCUT2D eigenvalue weighted by molar-refractivity contribution is 9.10. The van der Waals surface area contributed by atoms with E-state index in [-0.39, 0.29) is 11.9 Å². The Morgan fingerprint density at radius 2 is 2.13 bits per heavy atom. The number of benzene rings is 1. The molecule has 2 saturated heterocycles. The Morgan fingerprint density at radius 1 is 1.39 bits per heavy atom. The number of amides is 1. The summed E-state index contributed by atoms with van der Waals surface area (Å²) >= 11 is 3.59. The maximum Gasteiger partial charge on any atom is 0.240 e. The number of β-amino-alcohol motifs (C(OH)–C–C–N with tert-alkyl or cyclic N) is 1. The number of aliphatic hydroxyl groups is 1. The van der Waals surface area contributed by atoms with E-state index in [2.05, 4.69) is 32.2 Å². The molecule has 0 saturated carbocycles. The minimum Gasteiger partial charge on any atom is -0.392 e. The first-order valence-electron chi connectivity index (χ1n) is 8.10. The standard InChI is InChI=1S/C17H24BrN3O2/c1-17(9-13(22)11-20(17)2)16(23)19-12-7-8-21(10-12)15-6-4-3-5-14(15)18/h3-6,12-13,22H,7-11H2,1-2H3,(H,19,23). The summed E-state index contributed by atoms with van der Waals surface area (Å²) in [6, 6.07) is 8.32. The lowest BCUT2D eigenvalue weighted by Crippen LogP contribution is -2.54. The highest BCUT2D eigenvalue weighted by atomic mass is 79.9. The number of carbonyl (C=O) groups excluding carboxylic acids is 1. The van der Waals surface area contributed by atoms with Crippen LogP contribution in [0.5, 0.6) is 0 Å². The smallest absolute Gasteiger partial charge is 0.240 e. The normalized spacial score (nSPS) is 31.6. The maximum absolute atomic E-state index is 12.7. The number of anilines is 1. The van der Waals surface area contributed by atoms with Crippen molar-refractivity contribution in [3.63, 3.8) is 0 Å². The Hall–Kier alpha value is -1.11. The third-order valence-corrected chi connectivity index (χ3v) is 5.84. The molecule has 2 aliphatic rings. The van der Waals surface area contributed by atoms with Crippen LogP contribution in [0.2, 0.25) is 0 Å². The SMILES string of the molecule is CN1CC(O)CC1(C)C(=O)NC1CCN(c2ccccc2Br)C1. The number of nitrogens with zero attached hydrogens (tertiary/aromatic N) is 2. The van der Waals surface area contributed by atoms with E-state index >= 15 is 0 Å². The van der Waals surface area contributed by atoms with E-state index in [4.69, 9.17) is 0 Å². The predicted octanol–water partition coefficient (Wildman–Crippen LogP) is 1.60. The summed E-state index contributed by atoms with van der Waals surface area (Å²) in [5.74, 6) is 0.0236. The van der Waals surface area contributed by atoms with Crippen LogP contribution in [0.4, 0.5) is 5.69 Å². The fraction of sp³-hybridized carbons (Fsp3) is 0.588. The van der Waals surface area contributed by atoms with Crippen molar-refractivity contribution in [1.29, 1.82) is 0 Å². The van der Waals surface area contributed by atoms with Gasteiger partial charge in [-0.05, 0) is 48.5 Å². The monoisotopic (exact) mass is 381 g/mol. The first kappa shape index (κ1) is 16.7. The van der Waals surface area contributed by atoms with Crippen molar-refractivity contribution in [2.75, 3.05) is 31.6 Å². The van der Waals surface area contributed by atoms with Gasteiger partial charge in [0.05, 0.1) is 17.3 Å². The number of likely N-dealkylation sites (tertiary alicyclic amines) is 1. The number of aliphatic hydroxyl groups excluding tert-OH is 1. The van der Waals surface area contributed by atoms with Gasteiger partial charge in [-0.1, -0.05) is 12.1 Å². The molecule has 1 amide bonds. The average molecular weight is 382 g/mol. The molecule has 0 radical (unpaired) electrons. The third-order valence-electron chi connectivity index (χ3n) is 5.17. The van der Waals surface area contributed by atoms with E-state index in [1.54, 1.807) is 0 Å². The van der Waals surface area contributed by atoms with E-state index < -0.39 is 11.6 Å². The Bertz CT molecular complexity index is 597. The lowest BCUT2D eigenvalue weighted by atomic mass is 9.96. The Morgan fingerprint density at radius 3 is 2.78 bits per heavy atom. The van der Waals surface area contributed by atoms with E-state index in [1.165, 1.54) is 5.69 Å². The van der Waals surface area contributed by atoms with Crippen molar-refractivity contribution in [2.24, 2.45) is 0 Å². The molecule has 0 spiro atoms. The number of para-hydroxylation sites is 1. The largest absolute Gasteiger partial charge is 0.392 e. The summed E-state index contributed by atoms with van der Waals surface area (Å²) in [6.07, 6.45) is 1.02. The lowest BCUT2D eigenvalue weighted by Gasteiger charge is -2.31. The minimum absolute atomic E-state index is 0.0236.